The molecule has 0 aromatic heterocycles. The minimum atomic E-state index is -0.222. The first kappa shape index (κ1) is 14.6. The Hall–Kier alpha value is -1.42. The van der Waals surface area contributed by atoms with Gasteiger partial charge in [0.2, 0.25) is 0 Å². The molecular formula is C15H13N2W-. The fraction of sp³-hybridized carbons (Fsp3) is 0.133. The van der Waals surface area contributed by atoms with Gasteiger partial charge in [-0.2, -0.15) is 35.6 Å². The van der Waals surface area contributed by atoms with Crippen molar-refractivity contribution in [2.75, 3.05) is 0 Å². The van der Waals surface area contributed by atoms with Crippen molar-refractivity contribution in [3.63, 3.8) is 0 Å². The van der Waals surface area contributed by atoms with Crippen molar-refractivity contribution >= 4 is 0 Å². The van der Waals surface area contributed by atoms with Gasteiger partial charge in [-0.1, -0.05) is 24.3 Å². The van der Waals surface area contributed by atoms with Crippen molar-refractivity contribution in [2.24, 2.45) is 5.73 Å². The van der Waals surface area contributed by atoms with Gasteiger partial charge in [0, 0.05) is 27.1 Å². The second-order valence-electron chi connectivity index (χ2n) is 3.83. The quantitative estimate of drug-likeness (QED) is 0.799. The van der Waals surface area contributed by atoms with E-state index < -0.39 is 0 Å². The van der Waals surface area contributed by atoms with Crippen LogP contribution in [0.25, 0.3) is 0 Å². The van der Waals surface area contributed by atoms with E-state index in [0.29, 0.717) is 6.42 Å². The molecule has 2 rings (SSSR count). The molecule has 1 atom stereocenters. The van der Waals surface area contributed by atoms with Gasteiger partial charge in [0.05, 0.1) is 12.5 Å². The summed E-state index contributed by atoms with van der Waals surface area (Å²) in [4.78, 5) is 0. The van der Waals surface area contributed by atoms with E-state index in [0.717, 1.165) is 16.7 Å². The predicted octanol–water partition coefficient (Wildman–Crippen LogP) is 2.60. The molecule has 2 nitrogen and oxygen atoms in total. The first-order valence-corrected chi connectivity index (χ1v) is 5.50. The maximum atomic E-state index is 8.80. The van der Waals surface area contributed by atoms with Crippen LogP contribution in [0, 0.1) is 17.4 Å². The SMILES string of the molecule is N#CCc1ccccc1C(N)c1[c-]cccc1.[W]. The zero-order chi connectivity index (χ0) is 12.1. The minimum Gasteiger partial charge on any atom is -0.322 e. The van der Waals surface area contributed by atoms with Crippen molar-refractivity contribution in [1.82, 2.24) is 0 Å². The minimum absolute atomic E-state index is 0. The molecule has 0 fully saturated rings. The number of hydrogen-bond donors (Lipinski definition) is 1. The number of benzene rings is 2. The average molecular weight is 405 g/mol. The molecule has 2 N–H and O–H groups in total. The molecule has 1 unspecified atom stereocenters. The Morgan fingerprint density at radius 1 is 1.17 bits per heavy atom. The number of nitrogens with two attached hydrogens (primary N) is 1. The van der Waals surface area contributed by atoms with Crippen LogP contribution in [0.2, 0.25) is 0 Å². The van der Waals surface area contributed by atoms with Crippen molar-refractivity contribution in [2.45, 2.75) is 12.5 Å². The predicted molar refractivity (Wildman–Crippen MR) is 67.1 cm³/mol. The van der Waals surface area contributed by atoms with Gasteiger partial charge in [-0.15, -0.1) is 5.56 Å². The first-order valence-electron chi connectivity index (χ1n) is 5.50. The van der Waals surface area contributed by atoms with Gasteiger partial charge in [-0.25, -0.2) is 0 Å². The molecule has 0 bridgehead atoms. The normalized spacial score (nSPS) is 11.1. The van der Waals surface area contributed by atoms with Gasteiger partial charge < -0.3 is 5.73 Å². The molecule has 18 heavy (non-hydrogen) atoms. The van der Waals surface area contributed by atoms with Gasteiger partial charge >= 0.3 is 0 Å². The first-order chi connectivity index (χ1) is 8.33. The van der Waals surface area contributed by atoms with Crippen molar-refractivity contribution < 1.29 is 21.1 Å². The molecule has 0 saturated heterocycles. The van der Waals surface area contributed by atoms with Gasteiger partial charge in [0.1, 0.15) is 0 Å². The summed E-state index contributed by atoms with van der Waals surface area (Å²) in [6.07, 6.45) is 0.386. The zero-order valence-electron chi connectivity index (χ0n) is 9.84. The topological polar surface area (TPSA) is 49.8 Å². The van der Waals surface area contributed by atoms with E-state index in [1.54, 1.807) is 0 Å². The Balaban J connectivity index is 0.00000162. The molecule has 3 heteroatoms. The molecule has 0 radical (unpaired) electrons. The zero-order valence-corrected chi connectivity index (χ0v) is 12.8. The standard InChI is InChI=1S/C15H13N2.W/c16-11-10-12-6-4-5-9-14(12)15(17)13-7-2-1-3-8-13;/h1-7,9,15H,10,17H2;/q-1;. The third kappa shape index (κ3) is 3.29. The molecule has 0 aliphatic rings. The molecule has 0 aliphatic carbocycles. The molecule has 0 amide bonds. The molecule has 0 spiro atoms. The summed E-state index contributed by atoms with van der Waals surface area (Å²) in [5.41, 5.74) is 9.13. The number of hydrogen-bond acceptors (Lipinski definition) is 2. The van der Waals surface area contributed by atoms with Crippen molar-refractivity contribution in [3.05, 3.63) is 71.3 Å². The van der Waals surface area contributed by atoms with Gasteiger partial charge in [0.15, 0.2) is 0 Å². The summed E-state index contributed by atoms with van der Waals surface area (Å²) < 4.78 is 0. The second-order valence-corrected chi connectivity index (χ2v) is 3.83. The van der Waals surface area contributed by atoms with E-state index in [-0.39, 0.29) is 27.1 Å². The van der Waals surface area contributed by atoms with Crippen molar-refractivity contribution in [3.8, 4) is 6.07 Å². The maximum Gasteiger partial charge on any atom is 0.0669 e. The Labute approximate surface area is 122 Å². The van der Waals surface area contributed by atoms with E-state index in [1.165, 1.54) is 0 Å². The Morgan fingerprint density at radius 3 is 2.56 bits per heavy atom. The summed E-state index contributed by atoms with van der Waals surface area (Å²) in [6.45, 7) is 0. The van der Waals surface area contributed by atoms with E-state index in [2.05, 4.69) is 12.1 Å². The van der Waals surface area contributed by atoms with Crippen molar-refractivity contribution in [1.29, 1.82) is 5.26 Å². The van der Waals surface area contributed by atoms with Crippen LogP contribution in [0.1, 0.15) is 22.7 Å². The van der Waals surface area contributed by atoms with Crippen LogP contribution in [0.5, 0.6) is 0 Å². The third-order valence-corrected chi connectivity index (χ3v) is 2.73. The monoisotopic (exact) mass is 405 g/mol. The van der Waals surface area contributed by atoms with Crippen LogP contribution < -0.4 is 5.73 Å². The van der Waals surface area contributed by atoms with Gasteiger partial charge in [-0.05, 0) is 11.1 Å². The van der Waals surface area contributed by atoms with Gasteiger partial charge in [-0.3, -0.25) is 0 Å². The van der Waals surface area contributed by atoms with Crippen LogP contribution in [-0.2, 0) is 27.5 Å². The van der Waals surface area contributed by atoms with Crippen LogP contribution in [-0.4, -0.2) is 0 Å². The summed E-state index contributed by atoms with van der Waals surface area (Å²) in [6, 6.07) is 20.5. The van der Waals surface area contributed by atoms with E-state index >= 15 is 0 Å². The molecule has 0 heterocycles. The third-order valence-electron chi connectivity index (χ3n) is 2.73. The number of rotatable bonds is 3. The summed E-state index contributed by atoms with van der Waals surface area (Å²) in [7, 11) is 0. The molecule has 2 aromatic rings. The van der Waals surface area contributed by atoms with Gasteiger partial charge in [0.25, 0.3) is 0 Å². The summed E-state index contributed by atoms with van der Waals surface area (Å²) in [5, 5.41) is 8.80. The maximum absolute atomic E-state index is 8.80. The Bertz CT molecular complexity index is 532. The van der Waals surface area contributed by atoms with Crippen LogP contribution >= 0.6 is 0 Å². The van der Waals surface area contributed by atoms with E-state index in [1.807, 2.05) is 48.5 Å². The van der Waals surface area contributed by atoms with Crippen LogP contribution in [0.15, 0.2) is 48.5 Å². The largest absolute Gasteiger partial charge is 0.322 e. The number of nitriles is 1. The fourth-order valence-electron chi connectivity index (χ4n) is 1.85. The Kier molecular flexibility index (Phi) is 5.78. The molecular weight excluding hydrogens is 392 g/mol. The van der Waals surface area contributed by atoms with E-state index in [9.17, 15) is 0 Å². The molecule has 90 valence electrons. The Morgan fingerprint density at radius 2 is 1.89 bits per heavy atom. The summed E-state index contributed by atoms with van der Waals surface area (Å²) >= 11 is 0. The molecule has 2 aromatic carbocycles. The van der Waals surface area contributed by atoms with Crippen LogP contribution in [0.3, 0.4) is 0 Å². The molecule has 0 saturated carbocycles. The second kappa shape index (κ2) is 7.11. The molecule has 0 aliphatic heterocycles. The fourth-order valence-corrected chi connectivity index (χ4v) is 1.85. The average Bonchev–Trinajstić information content (AvgIpc) is 2.40. The summed E-state index contributed by atoms with van der Waals surface area (Å²) in [5.74, 6) is 0. The smallest absolute Gasteiger partial charge is 0.0669 e. The van der Waals surface area contributed by atoms with Crippen LogP contribution in [0.4, 0.5) is 0 Å². The van der Waals surface area contributed by atoms with E-state index in [4.69, 9.17) is 11.0 Å². The number of nitrogens with zero attached hydrogens (tertiary/aromatic N) is 1.